The molecular weight excluding hydrogens is 455 g/mol. The summed E-state index contributed by atoms with van der Waals surface area (Å²) in [5.74, 6) is -1.30. The molecule has 0 aliphatic carbocycles. The number of amides is 1. The second-order valence-corrected chi connectivity index (χ2v) is 8.33. The number of hydrogen-bond acceptors (Lipinski definition) is 6. The highest BCUT2D eigenvalue weighted by Crippen LogP contribution is 2.35. The molecule has 1 atom stereocenters. The first-order valence-electron chi connectivity index (χ1n) is 8.99. The van der Waals surface area contributed by atoms with Gasteiger partial charge in [-0.1, -0.05) is 18.5 Å². The first kappa shape index (κ1) is 22.9. The van der Waals surface area contributed by atoms with E-state index in [1.807, 2.05) is 0 Å². The topological polar surface area (TPSA) is 89.8 Å². The summed E-state index contributed by atoms with van der Waals surface area (Å²) in [5.41, 5.74) is 0.186. The van der Waals surface area contributed by atoms with Crippen molar-refractivity contribution in [1.29, 1.82) is 0 Å². The number of pyridine rings is 1. The molecule has 0 aliphatic rings. The van der Waals surface area contributed by atoms with Gasteiger partial charge in [0.05, 0.1) is 33.6 Å². The molecule has 1 amide bonds. The highest BCUT2D eigenvalue weighted by atomic mass is 35.5. The van der Waals surface area contributed by atoms with Gasteiger partial charge in [0.15, 0.2) is 5.78 Å². The van der Waals surface area contributed by atoms with Gasteiger partial charge in [-0.2, -0.15) is 18.3 Å². The number of hydrogen-bond donors (Lipinski definition) is 1. The van der Waals surface area contributed by atoms with E-state index < -0.39 is 22.7 Å². The number of carbonyl (C=O) groups excluding carboxylic acids is 2. The Bertz CT molecular complexity index is 1140. The third kappa shape index (κ3) is 5.10. The number of nitrogens with one attached hydrogen (secondary N) is 1. The van der Waals surface area contributed by atoms with Crippen molar-refractivity contribution < 1.29 is 22.8 Å². The maximum Gasteiger partial charge on any atom is 0.418 e. The largest absolute Gasteiger partial charge is 0.418 e. The number of anilines is 1. The molecule has 0 aliphatic heterocycles. The first-order valence-corrected chi connectivity index (χ1v) is 10.2. The van der Waals surface area contributed by atoms with Gasteiger partial charge in [-0.05, 0) is 13.0 Å². The van der Waals surface area contributed by atoms with Crippen molar-refractivity contribution in [1.82, 2.24) is 19.7 Å². The molecule has 3 aromatic rings. The van der Waals surface area contributed by atoms with E-state index in [4.69, 9.17) is 11.6 Å². The Kier molecular flexibility index (Phi) is 6.46. The second-order valence-electron chi connectivity index (χ2n) is 6.86. The molecule has 7 nitrogen and oxygen atoms in total. The highest BCUT2D eigenvalue weighted by Gasteiger charge is 2.34. The SMILES string of the molecule is Cc1c(C(=O)C[C@H](C)c2ncc(C(=O)Nc3cc(C(F)(F)F)c(Cl)cn3)s2)cnn1C. The van der Waals surface area contributed by atoms with Gasteiger partial charge < -0.3 is 5.32 Å². The number of aryl methyl sites for hydroxylation is 1. The van der Waals surface area contributed by atoms with E-state index in [0.29, 0.717) is 16.6 Å². The van der Waals surface area contributed by atoms with Gasteiger partial charge in [0.25, 0.3) is 5.91 Å². The monoisotopic (exact) mass is 471 g/mol. The fraction of sp³-hybridized carbons (Fsp3) is 0.316. The van der Waals surface area contributed by atoms with Gasteiger partial charge in [-0.3, -0.25) is 14.3 Å². The zero-order chi connectivity index (χ0) is 22.9. The third-order valence-corrected chi connectivity index (χ3v) is 6.13. The van der Waals surface area contributed by atoms with Crippen molar-refractivity contribution >= 4 is 40.4 Å². The van der Waals surface area contributed by atoms with Crippen LogP contribution in [0.2, 0.25) is 5.02 Å². The van der Waals surface area contributed by atoms with Crippen molar-refractivity contribution in [3.8, 4) is 0 Å². The molecule has 12 heteroatoms. The van der Waals surface area contributed by atoms with E-state index in [1.54, 1.807) is 25.6 Å². The molecule has 31 heavy (non-hydrogen) atoms. The van der Waals surface area contributed by atoms with Crippen molar-refractivity contribution in [2.45, 2.75) is 32.4 Å². The van der Waals surface area contributed by atoms with Crippen LogP contribution in [-0.4, -0.2) is 31.4 Å². The third-order valence-electron chi connectivity index (χ3n) is 4.60. The van der Waals surface area contributed by atoms with E-state index in [-0.39, 0.29) is 28.8 Å². The Hall–Kier alpha value is -2.79. The minimum atomic E-state index is -4.67. The maximum absolute atomic E-state index is 13.0. The molecule has 1 N–H and O–H groups in total. The Morgan fingerprint density at radius 3 is 2.58 bits per heavy atom. The number of nitrogens with zero attached hydrogens (tertiary/aromatic N) is 4. The quantitative estimate of drug-likeness (QED) is 0.517. The average Bonchev–Trinajstić information content (AvgIpc) is 3.30. The van der Waals surface area contributed by atoms with E-state index in [0.717, 1.165) is 23.2 Å². The Balaban J connectivity index is 1.69. The second kappa shape index (κ2) is 8.75. The first-order chi connectivity index (χ1) is 14.5. The highest BCUT2D eigenvalue weighted by molar-refractivity contribution is 7.13. The molecule has 0 saturated carbocycles. The average molecular weight is 472 g/mol. The number of carbonyl (C=O) groups is 2. The molecule has 164 valence electrons. The summed E-state index contributed by atoms with van der Waals surface area (Å²) >= 11 is 6.59. The predicted octanol–water partition coefficient (Wildman–Crippen LogP) is 4.88. The van der Waals surface area contributed by atoms with E-state index in [2.05, 4.69) is 20.4 Å². The summed E-state index contributed by atoms with van der Waals surface area (Å²) in [6, 6.07) is 0.666. The van der Waals surface area contributed by atoms with Gasteiger partial charge in [0.1, 0.15) is 10.7 Å². The minimum absolute atomic E-state index is 0.0932. The molecule has 3 heterocycles. The van der Waals surface area contributed by atoms with Crippen molar-refractivity contribution in [2.75, 3.05) is 5.32 Å². The lowest BCUT2D eigenvalue weighted by atomic mass is 10.0. The van der Waals surface area contributed by atoms with Crippen molar-refractivity contribution in [3.05, 3.63) is 56.4 Å². The zero-order valence-electron chi connectivity index (χ0n) is 16.6. The van der Waals surface area contributed by atoms with Crippen LogP contribution in [0.4, 0.5) is 19.0 Å². The van der Waals surface area contributed by atoms with E-state index in [9.17, 15) is 22.8 Å². The lowest BCUT2D eigenvalue weighted by Crippen LogP contribution is -2.13. The van der Waals surface area contributed by atoms with Crippen molar-refractivity contribution in [3.63, 3.8) is 0 Å². The number of rotatable bonds is 6. The predicted molar refractivity (Wildman–Crippen MR) is 110 cm³/mol. The summed E-state index contributed by atoms with van der Waals surface area (Å²) in [4.78, 5) is 33.0. The summed E-state index contributed by atoms with van der Waals surface area (Å²) in [6.07, 6.45) is -0.849. The molecule has 3 aromatic heterocycles. The van der Waals surface area contributed by atoms with Crippen LogP contribution in [0.25, 0.3) is 0 Å². The number of ketones is 1. The van der Waals surface area contributed by atoms with Crippen LogP contribution >= 0.6 is 22.9 Å². The smallest absolute Gasteiger partial charge is 0.306 e. The molecule has 3 rings (SSSR count). The van der Waals surface area contributed by atoms with Gasteiger partial charge in [0, 0.05) is 31.3 Å². The van der Waals surface area contributed by atoms with Crippen LogP contribution in [-0.2, 0) is 13.2 Å². The molecule has 0 bridgehead atoms. The number of halogens is 4. The van der Waals surface area contributed by atoms with Crippen LogP contribution in [0.5, 0.6) is 0 Å². The summed E-state index contributed by atoms with van der Waals surface area (Å²) < 4.78 is 40.5. The number of thiazole rings is 1. The molecule has 0 aromatic carbocycles. The summed E-state index contributed by atoms with van der Waals surface area (Å²) in [7, 11) is 1.74. The Labute approximate surface area is 184 Å². The number of aromatic nitrogens is 4. The minimum Gasteiger partial charge on any atom is -0.306 e. The van der Waals surface area contributed by atoms with Crippen LogP contribution < -0.4 is 5.32 Å². The van der Waals surface area contributed by atoms with Gasteiger partial charge in [-0.15, -0.1) is 11.3 Å². The van der Waals surface area contributed by atoms with Crippen molar-refractivity contribution in [2.24, 2.45) is 7.05 Å². The molecule has 0 radical (unpaired) electrons. The molecule has 0 unspecified atom stereocenters. The van der Waals surface area contributed by atoms with Crippen LogP contribution in [0.15, 0.2) is 24.7 Å². The number of Topliss-reactive ketones (excluding diaryl/α,β-unsaturated/α-hetero) is 1. The van der Waals surface area contributed by atoms with E-state index >= 15 is 0 Å². The fourth-order valence-electron chi connectivity index (χ4n) is 2.77. The normalized spacial score (nSPS) is 12.6. The van der Waals surface area contributed by atoms with Crippen LogP contribution in [0, 0.1) is 6.92 Å². The number of alkyl halides is 3. The standard InChI is InChI=1S/C19H17ClF3N5O2S/c1-9(4-14(29)11-6-26-28(3)10(11)2)18-25-8-15(31-18)17(30)27-16-5-12(19(21,22)23)13(20)7-24-16/h5-9H,4H2,1-3H3,(H,24,27,30)/t9-/m0/s1. The molecule has 0 spiro atoms. The Morgan fingerprint density at radius 1 is 1.26 bits per heavy atom. The molecule has 0 fully saturated rings. The van der Waals surface area contributed by atoms with Gasteiger partial charge >= 0.3 is 6.18 Å². The Morgan fingerprint density at radius 2 is 1.97 bits per heavy atom. The summed E-state index contributed by atoms with van der Waals surface area (Å²) in [6.45, 7) is 3.60. The molecule has 0 saturated heterocycles. The van der Waals surface area contributed by atoms with Gasteiger partial charge in [0.2, 0.25) is 0 Å². The maximum atomic E-state index is 13.0. The lowest BCUT2D eigenvalue weighted by molar-refractivity contribution is -0.137. The van der Waals surface area contributed by atoms with Crippen LogP contribution in [0.3, 0.4) is 0 Å². The zero-order valence-corrected chi connectivity index (χ0v) is 18.2. The fourth-order valence-corrected chi connectivity index (χ4v) is 3.85. The van der Waals surface area contributed by atoms with Gasteiger partial charge in [-0.25, -0.2) is 9.97 Å². The summed E-state index contributed by atoms with van der Waals surface area (Å²) in [5, 5.41) is 6.36. The molecular formula is C19H17ClF3N5O2S. The van der Waals surface area contributed by atoms with Crippen LogP contribution in [0.1, 0.15) is 55.6 Å². The van der Waals surface area contributed by atoms with E-state index in [1.165, 1.54) is 12.4 Å². The lowest BCUT2D eigenvalue weighted by Gasteiger charge is -2.10.